The van der Waals surface area contributed by atoms with Gasteiger partial charge in [0.1, 0.15) is 5.82 Å². The molecule has 2 rings (SSSR count). The van der Waals surface area contributed by atoms with Crippen LogP contribution in [0.1, 0.15) is 10.4 Å². The number of rotatable bonds is 2. The molecule has 0 aromatic heterocycles. The lowest BCUT2D eigenvalue weighted by atomic mass is 10.1. The first kappa shape index (κ1) is 10.4. The van der Waals surface area contributed by atoms with Crippen LogP contribution in [0.2, 0.25) is 5.02 Å². The van der Waals surface area contributed by atoms with Crippen molar-refractivity contribution in [3.8, 4) is 0 Å². The van der Waals surface area contributed by atoms with Crippen LogP contribution in [0, 0.1) is 5.82 Å². The number of carbonyl (C=O) groups is 1. The van der Waals surface area contributed by atoms with Crippen LogP contribution in [0.15, 0.2) is 18.2 Å². The highest BCUT2D eigenvalue weighted by Gasteiger charge is 2.22. The van der Waals surface area contributed by atoms with Crippen molar-refractivity contribution in [2.24, 2.45) is 0 Å². The van der Waals surface area contributed by atoms with E-state index in [-0.39, 0.29) is 16.6 Å². The van der Waals surface area contributed by atoms with Crippen molar-refractivity contribution in [1.82, 2.24) is 5.32 Å². The molecule has 1 amide bonds. The maximum atomic E-state index is 13.3. The van der Waals surface area contributed by atoms with E-state index in [4.69, 9.17) is 16.3 Å². The molecule has 3 nitrogen and oxygen atoms in total. The Hall–Kier alpha value is -1.13. The lowest BCUT2D eigenvalue weighted by Crippen LogP contribution is -2.48. The number of nitrogens with one attached hydrogen (secondary N) is 1. The minimum absolute atomic E-state index is 0.00583. The molecule has 1 N–H and O–H groups in total. The summed E-state index contributed by atoms with van der Waals surface area (Å²) in [6.45, 7) is 0.974. The van der Waals surface area contributed by atoms with Crippen molar-refractivity contribution < 1.29 is 13.9 Å². The van der Waals surface area contributed by atoms with Crippen LogP contribution >= 0.6 is 11.6 Å². The molecule has 1 aliphatic heterocycles. The van der Waals surface area contributed by atoms with E-state index < -0.39 is 11.7 Å². The maximum absolute atomic E-state index is 13.3. The minimum atomic E-state index is -0.611. The van der Waals surface area contributed by atoms with E-state index in [1.54, 1.807) is 0 Å². The van der Waals surface area contributed by atoms with E-state index in [1.165, 1.54) is 12.1 Å². The highest BCUT2D eigenvalue weighted by atomic mass is 35.5. The van der Waals surface area contributed by atoms with Crippen molar-refractivity contribution >= 4 is 17.5 Å². The van der Waals surface area contributed by atoms with Gasteiger partial charge in [0.2, 0.25) is 0 Å². The summed E-state index contributed by atoms with van der Waals surface area (Å²) >= 11 is 5.57. The van der Waals surface area contributed by atoms with Gasteiger partial charge in [0.05, 0.1) is 24.8 Å². The largest absolute Gasteiger partial charge is 0.377 e. The molecule has 1 saturated heterocycles. The molecule has 0 aliphatic carbocycles. The number of hydrogen-bond acceptors (Lipinski definition) is 2. The Bertz CT molecular complexity index is 393. The fraction of sp³-hybridized carbons (Fsp3) is 0.300. The van der Waals surface area contributed by atoms with Crippen LogP contribution in [0.4, 0.5) is 4.39 Å². The molecule has 1 aliphatic rings. The molecule has 1 heterocycles. The topological polar surface area (TPSA) is 38.3 Å². The van der Waals surface area contributed by atoms with Gasteiger partial charge < -0.3 is 10.1 Å². The zero-order valence-corrected chi connectivity index (χ0v) is 8.55. The lowest BCUT2D eigenvalue weighted by Gasteiger charge is -2.26. The summed E-state index contributed by atoms with van der Waals surface area (Å²) < 4.78 is 18.2. The first-order chi connectivity index (χ1) is 7.16. The van der Waals surface area contributed by atoms with E-state index in [9.17, 15) is 9.18 Å². The summed E-state index contributed by atoms with van der Waals surface area (Å²) in [5, 5.41) is 2.92. The van der Waals surface area contributed by atoms with Gasteiger partial charge in [-0.25, -0.2) is 4.39 Å². The van der Waals surface area contributed by atoms with E-state index >= 15 is 0 Å². The molecule has 5 heteroatoms. The molecule has 1 fully saturated rings. The van der Waals surface area contributed by atoms with Gasteiger partial charge in [-0.3, -0.25) is 4.79 Å². The summed E-state index contributed by atoms with van der Waals surface area (Å²) in [5.74, 6) is -1.04. The molecular formula is C10H9ClFNO2. The van der Waals surface area contributed by atoms with Gasteiger partial charge in [-0.1, -0.05) is 11.6 Å². The fourth-order valence-electron chi connectivity index (χ4n) is 1.26. The molecule has 0 unspecified atom stereocenters. The Labute approximate surface area is 91.2 Å². The van der Waals surface area contributed by atoms with Gasteiger partial charge in [-0.15, -0.1) is 0 Å². The predicted molar refractivity (Wildman–Crippen MR) is 53.5 cm³/mol. The highest BCUT2D eigenvalue weighted by molar-refractivity contribution is 6.30. The highest BCUT2D eigenvalue weighted by Crippen LogP contribution is 2.15. The van der Waals surface area contributed by atoms with Crippen LogP contribution < -0.4 is 5.32 Å². The SMILES string of the molecule is O=C(NC1COC1)c1ccc(Cl)cc1F. The molecule has 0 bridgehead atoms. The van der Waals surface area contributed by atoms with Crippen molar-refractivity contribution in [1.29, 1.82) is 0 Å². The number of amides is 1. The summed E-state index contributed by atoms with van der Waals surface area (Å²) in [4.78, 5) is 11.5. The third-order valence-electron chi connectivity index (χ3n) is 2.15. The number of hydrogen-bond donors (Lipinski definition) is 1. The fourth-order valence-corrected chi connectivity index (χ4v) is 1.41. The average Bonchev–Trinajstić information content (AvgIpc) is 2.11. The number of benzene rings is 1. The molecular weight excluding hydrogens is 221 g/mol. The van der Waals surface area contributed by atoms with Gasteiger partial charge in [0.15, 0.2) is 0 Å². The number of ether oxygens (including phenoxy) is 1. The first-order valence-corrected chi connectivity index (χ1v) is 4.88. The van der Waals surface area contributed by atoms with Crippen molar-refractivity contribution in [3.05, 3.63) is 34.6 Å². The van der Waals surface area contributed by atoms with Crippen LogP contribution in [-0.4, -0.2) is 25.2 Å². The van der Waals surface area contributed by atoms with E-state index in [1.807, 2.05) is 0 Å². The second-order valence-electron chi connectivity index (χ2n) is 3.33. The third kappa shape index (κ3) is 2.27. The molecule has 1 aromatic rings. The third-order valence-corrected chi connectivity index (χ3v) is 2.38. The molecule has 15 heavy (non-hydrogen) atoms. The van der Waals surface area contributed by atoms with Crippen LogP contribution in [-0.2, 0) is 4.74 Å². The van der Waals surface area contributed by atoms with Gasteiger partial charge in [-0.05, 0) is 18.2 Å². The summed E-state index contributed by atoms with van der Waals surface area (Å²) in [6.07, 6.45) is 0. The van der Waals surface area contributed by atoms with Crippen molar-refractivity contribution in [2.75, 3.05) is 13.2 Å². The average molecular weight is 230 g/mol. The Morgan fingerprint density at radius 2 is 2.27 bits per heavy atom. The van der Waals surface area contributed by atoms with Gasteiger partial charge in [-0.2, -0.15) is 0 Å². The lowest BCUT2D eigenvalue weighted by molar-refractivity contribution is -0.00352. The summed E-state index contributed by atoms with van der Waals surface area (Å²) in [7, 11) is 0. The number of halogens is 2. The minimum Gasteiger partial charge on any atom is -0.377 e. The Kier molecular flexibility index (Phi) is 2.88. The second kappa shape index (κ2) is 4.16. The van der Waals surface area contributed by atoms with E-state index in [0.29, 0.717) is 13.2 Å². The van der Waals surface area contributed by atoms with Crippen molar-refractivity contribution in [3.63, 3.8) is 0 Å². The predicted octanol–water partition coefficient (Wildman–Crippen LogP) is 1.61. The van der Waals surface area contributed by atoms with Gasteiger partial charge >= 0.3 is 0 Å². The monoisotopic (exact) mass is 229 g/mol. The Morgan fingerprint density at radius 3 is 2.80 bits per heavy atom. The Balaban J connectivity index is 2.10. The van der Waals surface area contributed by atoms with Gasteiger partial charge in [0.25, 0.3) is 5.91 Å². The van der Waals surface area contributed by atoms with Crippen LogP contribution in [0.3, 0.4) is 0 Å². The molecule has 0 spiro atoms. The zero-order chi connectivity index (χ0) is 10.8. The van der Waals surface area contributed by atoms with Gasteiger partial charge in [0, 0.05) is 5.02 Å². The van der Waals surface area contributed by atoms with Crippen LogP contribution in [0.25, 0.3) is 0 Å². The van der Waals surface area contributed by atoms with Crippen LogP contribution in [0.5, 0.6) is 0 Å². The molecule has 0 radical (unpaired) electrons. The quantitative estimate of drug-likeness (QED) is 0.837. The molecule has 80 valence electrons. The summed E-state index contributed by atoms with van der Waals surface area (Å²) in [5.41, 5.74) is 0.00583. The first-order valence-electron chi connectivity index (χ1n) is 4.50. The van der Waals surface area contributed by atoms with E-state index in [2.05, 4.69) is 5.32 Å². The normalized spacial score (nSPS) is 15.9. The molecule has 0 atom stereocenters. The maximum Gasteiger partial charge on any atom is 0.254 e. The van der Waals surface area contributed by atoms with Crippen molar-refractivity contribution in [2.45, 2.75) is 6.04 Å². The smallest absolute Gasteiger partial charge is 0.254 e. The zero-order valence-electron chi connectivity index (χ0n) is 7.80. The summed E-state index contributed by atoms with van der Waals surface area (Å²) in [6, 6.07) is 3.96. The number of carbonyl (C=O) groups excluding carboxylic acids is 1. The molecule has 1 aromatic carbocycles. The van der Waals surface area contributed by atoms with E-state index in [0.717, 1.165) is 6.07 Å². The Morgan fingerprint density at radius 1 is 1.53 bits per heavy atom. The molecule has 0 saturated carbocycles. The second-order valence-corrected chi connectivity index (χ2v) is 3.77. The standard InChI is InChI=1S/C10H9ClFNO2/c11-6-1-2-8(9(12)3-6)10(14)13-7-4-15-5-7/h1-3,7H,4-5H2,(H,13,14).